The van der Waals surface area contributed by atoms with Gasteiger partial charge in [0.05, 0.1) is 5.37 Å². The molecule has 174 valence electrons. The molecule has 4 rings (SSSR count). The van der Waals surface area contributed by atoms with E-state index in [0.717, 1.165) is 33.4 Å². The van der Waals surface area contributed by atoms with Crippen LogP contribution in [0, 0.1) is 6.92 Å². The fraction of sp³-hybridized carbons (Fsp3) is 0.370. The average Bonchev–Trinajstić information content (AvgIpc) is 3.26. The molecular weight excluding hydrogens is 434 g/mol. The summed E-state index contributed by atoms with van der Waals surface area (Å²) in [6.45, 7) is 9.43. The van der Waals surface area contributed by atoms with Gasteiger partial charge in [-0.3, -0.25) is 10.1 Å². The van der Waals surface area contributed by atoms with Crippen LogP contribution < -0.4 is 14.8 Å². The van der Waals surface area contributed by atoms with E-state index in [0.29, 0.717) is 19.0 Å². The zero-order chi connectivity index (χ0) is 23.6. The molecule has 1 heterocycles. The molecule has 0 spiro atoms. The predicted octanol–water partition coefficient (Wildman–Crippen LogP) is 5.69. The lowest BCUT2D eigenvalue weighted by Gasteiger charge is -2.24. The van der Waals surface area contributed by atoms with Gasteiger partial charge in [-0.15, -0.1) is 11.8 Å². The van der Waals surface area contributed by atoms with Crippen molar-refractivity contribution in [2.24, 2.45) is 0 Å². The van der Waals surface area contributed by atoms with Crippen molar-refractivity contribution in [3.05, 3.63) is 71.3 Å². The second kappa shape index (κ2) is 9.65. The number of para-hydroxylation sites is 1. The Hall–Kier alpha value is -2.70. The topological polar surface area (TPSA) is 67.8 Å². The molecular formula is C27H31NO4S. The minimum Gasteiger partial charge on any atom is -0.490 e. The van der Waals surface area contributed by atoms with Crippen LogP contribution in [0.5, 0.6) is 11.5 Å². The Morgan fingerprint density at radius 1 is 1.06 bits per heavy atom. The summed E-state index contributed by atoms with van der Waals surface area (Å²) in [6, 6.07) is 17.8. The number of carbonyl (C=O) groups is 1. The highest BCUT2D eigenvalue weighted by Crippen LogP contribution is 2.42. The molecule has 1 fully saturated rings. The first-order chi connectivity index (χ1) is 15.8. The van der Waals surface area contributed by atoms with Crippen molar-refractivity contribution < 1.29 is 19.4 Å². The van der Waals surface area contributed by atoms with Gasteiger partial charge in [0.1, 0.15) is 30.8 Å². The van der Waals surface area contributed by atoms with Crippen molar-refractivity contribution in [3.8, 4) is 11.5 Å². The van der Waals surface area contributed by atoms with Gasteiger partial charge >= 0.3 is 5.97 Å². The fourth-order valence-corrected chi connectivity index (χ4v) is 5.48. The molecule has 0 radical (unpaired) electrons. The van der Waals surface area contributed by atoms with Crippen LogP contribution in [0.15, 0.2) is 54.6 Å². The van der Waals surface area contributed by atoms with Gasteiger partial charge in [-0.25, -0.2) is 0 Å². The second-order valence-corrected chi connectivity index (χ2v) is 10.5. The van der Waals surface area contributed by atoms with E-state index in [1.54, 1.807) is 11.8 Å². The first-order valence-electron chi connectivity index (χ1n) is 11.2. The number of benzene rings is 3. The first-order valence-corrected chi connectivity index (χ1v) is 12.3. The van der Waals surface area contributed by atoms with E-state index in [4.69, 9.17) is 9.47 Å². The SMILES string of the molecule is Cc1cccc(C(C)(C)C)c1OCCOc1ccc2ccccc2c1C1NC(C(=O)O)CS1. The van der Waals surface area contributed by atoms with Crippen molar-refractivity contribution in [1.82, 2.24) is 5.32 Å². The number of aliphatic carboxylic acids is 1. The lowest BCUT2D eigenvalue weighted by Crippen LogP contribution is -2.33. The molecule has 3 aromatic carbocycles. The van der Waals surface area contributed by atoms with E-state index in [1.165, 1.54) is 5.56 Å². The van der Waals surface area contributed by atoms with E-state index >= 15 is 0 Å². The molecule has 3 aromatic rings. The van der Waals surface area contributed by atoms with Gasteiger partial charge in [-0.2, -0.15) is 0 Å². The standard InChI is InChI=1S/C27H31NO4S/c1-17-8-7-11-20(27(2,3)4)24(17)32-15-14-31-22-13-12-18-9-5-6-10-19(18)23(22)25-28-21(16-33-25)26(29)30/h5-13,21,25,28H,14-16H2,1-4H3,(H,29,30). The number of ether oxygens (including phenoxy) is 2. The van der Waals surface area contributed by atoms with Crippen LogP contribution >= 0.6 is 11.8 Å². The molecule has 5 nitrogen and oxygen atoms in total. The molecule has 1 aliphatic rings. The summed E-state index contributed by atoms with van der Waals surface area (Å²) in [5, 5.41) is 14.7. The highest BCUT2D eigenvalue weighted by atomic mass is 32.2. The molecule has 1 aliphatic heterocycles. The number of hydrogen-bond acceptors (Lipinski definition) is 5. The van der Waals surface area contributed by atoms with E-state index in [-0.39, 0.29) is 10.8 Å². The van der Waals surface area contributed by atoms with Crippen LogP contribution in [-0.4, -0.2) is 36.1 Å². The monoisotopic (exact) mass is 465 g/mol. The normalized spacial score (nSPS) is 18.4. The Kier molecular flexibility index (Phi) is 6.86. The van der Waals surface area contributed by atoms with Crippen molar-refractivity contribution in [2.45, 2.75) is 44.5 Å². The Morgan fingerprint density at radius 3 is 2.55 bits per heavy atom. The maximum atomic E-state index is 11.5. The zero-order valence-electron chi connectivity index (χ0n) is 19.6. The van der Waals surface area contributed by atoms with Gasteiger partial charge in [-0.05, 0) is 40.3 Å². The minimum absolute atomic E-state index is 0.0141. The van der Waals surface area contributed by atoms with Gasteiger partial charge in [0.15, 0.2) is 0 Å². The van der Waals surface area contributed by atoms with E-state index < -0.39 is 12.0 Å². The predicted molar refractivity (Wildman–Crippen MR) is 135 cm³/mol. The molecule has 0 aromatic heterocycles. The quantitative estimate of drug-likeness (QED) is 0.437. The highest BCUT2D eigenvalue weighted by Gasteiger charge is 2.33. The molecule has 0 bridgehead atoms. The molecule has 0 amide bonds. The van der Waals surface area contributed by atoms with Crippen molar-refractivity contribution in [3.63, 3.8) is 0 Å². The van der Waals surface area contributed by atoms with Crippen molar-refractivity contribution >= 4 is 28.5 Å². The molecule has 2 atom stereocenters. The van der Waals surface area contributed by atoms with Gasteiger partial charge < -0.3 is 14.6 Å². The third kappa shape index (κ3) is 5.12. The van der Waals surface area contributed by atoms with Crippen molar-refractivity contribution in [1.29, 1.82) is 0 Å². The number of nitrogens with one attached hydrogen (secondary N) is 1. The Bertz CT molecular complexity index is 1150. The molecule has 2 N–H and O–H groups in total. The lowest BCUT2D eigenvalue weighted by atomic mass is 9.85. The van der Waals surface area contributed by atoms with Crippen LogP contribution in [0.25, 0.3) is 10.8 Å². The summed E-state index contributed by atoms with van der Waals surface area (Å²) in [4.78, 5) is 11.5. The molecule has 0 saturated carbocycles. The zero-order valence-corrected chi connectivity index (χ0v) is 20.4. The van der Waals surface area contributed by atoms with Crippen LogP contribution in [0.4, 0.5) is 0 Å². The number of rotatable bonds is 7. The third-order valence-electron chi connectivity index (χ3n) is 5.88. The lowest BCUT2D eigenvalue weighted by molar-refractivity contribution is -0.138. The Morgan fingerprint density at radius 2 is 1.82 bits per heavy atom. The molecule has 0 aliphatic carbocycles. The smallest absolute Gasteiger partial charge is 0.321 e. The van der Waals surface area contributed by atoms with Crippen LogP contribution in [0.2, 0.25) is 0 Å². The maximum Gasteiger partial charge on any atom is 0.321 e. The van der Waals surface area contributed by atoms with Crippen molar-refractivity contribution in [2.75, 3.05) is 19.0 Å². The summed E-state index contributed by atoms with van der Waals surface area (Å²) < 4.78 is 12.4. The molecule has 2 unspecified atom stereocenters. The summed E-state index contributed by atoms with van der Waals surface area (Å²) in [6.07, 6.45) is 0. The minimum atomic E-state index is -0.825. The largest absolute Gasteiger partial charge is 0.490 e. The molecule has 1 saturated heterocycles. The number of carboxylic acids is 1. The number of hydrogen-bond donors (Lipinski definition) is 2. The van der Waals surface area contributed by atoms with Gasteiger partial charge in [0, 0.05) is 11.3 Å². The summed E-state index contributed by atoms with van der Waals surface area (Å²) in [5.41, 5.74) is 3.27. The van der Waals surface area contributed by atoms with E-state index in [2.05, 4.69) is 63.3 Å². The van der Waals surface area contributed by atoms with Crippen LogP contribution in [0.1, 0.15) is 42.8 Å². The number of thioether (sulfide) groups is 1. The summed E-state index contributed by atoms with van der Waals surface area (Å²) >= 11 is 1.60. The first kappa shape index (κ1) is 23.5. The molecule has 33 heavy (non-hydrogen) atoms. The van der Waals surface area contributed by atoms with Gasteiger partial charge in [0.2, 0.25) is 0 Å². The average molecular weight is 466 g/mol. The number of aryl methyl sites for hydroxylation is 1. The van der Waals surface area contributed by atoms with Crippen LogP contribution in [-0.2, 0) is 10.2 Å². The number of carboxylic acid groups (broad SMARTS) is 1. The summed E-state index contributed by atoms with van der Waals surface area (Å²) in [5.74, 6) is 1.38. The fourth-order valence-electron chi connectivity index (χ4n) is 4.18. The van der Waals surface area contributed by atoms with E-state index in [9.17, 15) is 9.90 Å². The maximum absolute atomic E-state index is 11.5. The van der Waals surface area contributed by atoms with Gasteiger partial charge in [0.25, 0.3) is 0 Å². The Balaban J connectivity index is 1.53. The summed E-state index contributed by atoms with van der Waals surface area (Å²) in [7, 11) is 0. The molecule has 6 heteroatoms. The third-order valence-corrected chi connectivity index (χ3v) is 7.11. The Labute approximate surface area is 199 Å². The van der Waals surface area contributed by atoms with Crippen LogP contribution in [0.3, 0.4) is 0 Å². The highest BCUT2D eigenvalue weighted by molar-refractivity contribution is 7.99. The second-order valence-electron chi connectivity index (χ2n) is 9.37. The van der Waals surface area contributed by atoms with Gasteiger partial charge in [-0.1, -0.05) is 69.3 Å². The number of fused-ring (bicyclic) bond motifs is 1. The van der Waals surface area contributed by atoms with E-state index in [1.807, 2.05) is 24.3 Å².